The summed E-state index contributed by atoms with van der Waals surface area (Å²) in [4.78, 5) is 25.7. The van der Waals surface area contributed by atoms with E-state index >= 15 is 0 Å². The number of likely N-dealkylation sites (tertiary alicyclic amines) is 1. The van der Waals surface area contributed by atoms with Crippen molar-refractivity contribution in [3.8, 4) is 0 Å². The van der Waals surface area contributed by atoms with Crippen LogP contribution in [0.2, 0.25) is 0 Å². The molecule has 0 aromatic rings. The van der Waals surface area contributed by atoms with Crippen molar-refractivity contribution in [3.05, 3.63) is 12.7 Å². The Hall–Kier alpha value is -1.32. The molecular formula is C17H29NO3. The molecule has 4 heteroatoms. The normalized spacial score (nSPS) is 20.9. The maximum absolute atomic E-state index is 12.3. The number of nitrogens with zero attached hydrogens (tertiary/aromatic N) is 1. The average molecular weight is 295 g/mol. The van der Waals surface area contributed by atoms with E-state index in [1.54, 1.807) is 4.90 Å². The van der Waals surface area contributed by atoms with Gasteiger partial charge in [-0.1, -0.05) is 32.8 Å². The van der Waals surface area contributed by atoms with Gasteiger partial charge in [0.1, 0.15) is 6.04 Å². The van der Waals surface area contributed by atoms with Crippen molar-refractivity contribution >= 4 is 11.9 Å². The Balaban J connectivity index is 2.37. The fraction of sp³-hybridized carbons (Fsp3) is 0.765. The summed E-state index contributed by atoms with van der Waals surface area (Å²) in [6.07, 6.45) is 7.39. The molecule has 0 radical (unpaired) electrons. The third-order valence-electron chi connectivity index (χ3n) is 4.33. The summed E-state index contributed by atoms with van der Waals surface area (Å²) in [5, 5.41) is 0. The molecule has 1 aliphatic rings. The van der Waals surface area contributed by atoms with Crippen LogP contribution in [0.15, 0.2) is 12.7 Å². The molecule has 120 valence electrons. The fourth-order valence-electron chi connectivity index (χ4n) is 2.87. The van der Waals surface area contributed by atoms with Gasteiger partial charge in [0.05, 0.1) is 7.11 Å². The van der Waals surface area contributed by atoms with Crippen LogP contribution in [0.3, 0.4) is 0 Å². The molecule has 3 atom stereocenters. The second-order valence-corrected chi connectivity index (χ2v) is 6.22. The number of rotatable bonds is 8. The number of ether oxygens (including phenoxy) is 1. The largest absolute Gasteiger partial charge is 0.467 e. The SMILES string of the molecule is C=CC(C)CCCC(C)CC(=O)N1CCCC1C(=O)OC. The van der Waals surface area contributed by atoms with Gasteiger partial charge in [-0.3, -0.25) is 4.79 Å². The van der Waals surface area contributed by atoms with Crippen LogP contribution >= 0.6 is 0 Å². The molecule has 1 amide bonds. The van der Waals surface area contributed by atoms with E-state index in [1.165, 1.54) is 7.11 Å². The van der Waals surface area contributed by atoms with Crippen LogP contribution in [0.5, 0.6) is 0 Å². The summed E-state index contributed by atoms with van der Waals surface area (Å²) >= 11 is 0. The van der Waals surface area contributed by atoms with Crippen molar-refractivity contribution in [1.29, 1.82) is 0 Å². The summed E-state index contributed by atoms with van der Waals surface area (Å²) in [6.45, 7) is 8.74. The van der Waals surface area contributed by atoms with Crippen molar-refractivity contribution in [3.63, 3.8) is 0 Å². The van der Waals surface area contributed by atoms with E-state index in [4.69, 9.17) is 4.74 Å². The zero-order valence-corrected chi connectivity index (χ0v) is 13.6. The van der Waals surface area contributed by atoms with Gasteiger partial charge in [-0.05, 0) is 31.1 Å². The Morgan fingerprint density at radius 1 is 1.38 bits per heavy atom. The predicted octanol–water partition coefficient (Wildman–Crippen LogP) is 3.17. The zero-order valence-electron chi connectivity index (χ0n) is 13.6. The summed E-state index contributed by atoms with van der Waals surface area (Å²) in [5.74, 6) is 0.698. The minimum atomic E-state index is -0.365. The predicted molar refractivity (Wildman–Crippen MR) is 83.7 cm³/mol. The Morgan fingerprint density at radius 2 is 2.10 bits per heavy atom. The molecule has 0 saturated carbocycles. The molecule has 1 fully saturated rings. The van der Waals surface area contributed by atoms with Crippen molar-refractivity contribution < 1.29 is 14.3 Å². The minimum absolute atomic E-state index is 0.0900. The first kappa shape index (κ1) is 17.7. The lowest BCUT2D eigenvalue weighted by Crippen LogP contribution is -2.41. The van der Waals surface area contributed by atoms with Gasteiger partial charge in [0.25, 0.3) is 0 Å². The second kappa shape index (κ2) is 8.85. The van der Waals surface area contributed by atoms with Gasteiger partial charge >= 0.3 is 5.97 Å². The number of hydrogen-bond acceptors (Lipinski definition) is 3. The van der Waals surface area contributed by atoms with E-state index in [1.807, 2.05) is 6.08 Å². The van der Waals surface area contributed by atoms with Crippen LogP contribution in [-0.2, 0) is 14.3 Å². The van der Waals surface area contributed by atoms with Crippen LogP contribution in [0, 0.1) is 11.8 Å². The van der Waals surface area contributed by atoms with Gasteiger partial charge in [0.2, 0.25) is 5.91 Å². The minimum Gasteiger partial charge on any atom is -0.467 e. The monoisotopic (exact) mass is 295 g/mol. The average Bonchev–Trinajstić information content (AvgIpc) is 2.95. The maximum Gasteiger partial charge on any atom is 0.328 e. The Bertz CT molecular complexity index is 367. The highest BCUT2D eigenvalue weighted by molar-refractivity contribution is 5.85. The smallest absolute Gasteiger partial charge is 0.328 e. The standard InChI is InChI=1S/C17H29NO3/c1-5-13(2)8-6-9-14(3)12-16(19)18-11-7-10-15(18)17(20)21-4/h5,13-15H,1,6-12H2,2-4H3. The molecule has 4 nitrogen and oxygen atoms in total. The number of methoxy groups -OCH3 is 1. The van der Waals surface area contributed by atoms with E-state index in [-0.39, 0.29) is 17.9 Å². The quantitative estimate of drug-likeness (QED) is 0.510. The highest BCUT2D eigenvalue weighted by Crippen LogP contribution is 2.22. The lowest BCUT2D eigenvalue weighted by Gasteiger charge is -2.24. The first-order valence-electron chi connectivity index (χ1n) is 7.99. The van der Waals surface area contributed by atoms with E-state index in [0.717, 1.165) is 32.1 Å². The molecule has 0 spiro atoms. The molecule has 1 saturated heterocycles. The van der Waals surface area contributed by atoms with Crippen LogP contribution in [0.1, 0.15) is 52.4 Å². The first-order valence-corrected chi connectivity index (χ1v) is 7.99. The van der Waals surface area contributed by atoms with E-state index in [2.05, 4.69) is 20.4 Å². The van der Waals surface area contributed by atoms with Crippen molar-refractivity contribution in [2.75, 3.05) is 13.7 Å². The third kappa shape index (κ3) is 5.52. The molecule has 0 aromatic heterocycles. The van der Waals surface area contributed by atoms with E-state index < -0.39 is 0 Å². The molecule has 0 aromatic carbocycles. The van der Waals surface area contributed by atoms with Gasteiger partial charge in [0, 0.05) is 13.0 Å². The van der Waals surface area contributed by atoms with Gasteiger partial charge in [-0.25, -0.2) is 4.79 Å². The summed E-state index contributed by atoms with van der Waals surface area (Å²) < 4.78 is 4.78. The van der Waals surface area contributed by atoms with Gasteiger partial charge in [-0.15, -0.1) is 6.58 Å². The van der Waals surface area contributed by atoms with Crippen molar-refractivity contribution in [2.24, 2.45) is 11.8 Å². The summed E-state index contributed by atoms with van der Waals surface area (Å²) in [6, 6.07) is -0.365. The molecule has 0 N–H and O–H groups in total. The summed E-state index contributed by atoms with van der Waals surface area (Å²) in [7, 11) is 1.38. The van der Waals surface area contributed by atoms with Gasteiger partial charge in [0.15, 0.2) is 0 Å². The van der Waals surface area contributed by atoms with E-state index in [0.29, 0.717) is 24.8 Å². The molecule has 21 heavy (non-hydrogen) atoms. The molecule has 1 rings (SSSR count). The number of carbonyl (C=O) groups is 2. The topological polar surface area (TPSA) is 46.6 Å². The summed E-state index contributed by atoms with van der Waals surface area (Å²) in [5.41, 5.74) is 0. The Kier molecular flexibility index (Phi) is 7.48. The Labute approximate surface area is 128 Å². The number of esters is 1. The highest BCUT2D eigenvalue weighted by Gasteiger charge is 2.34. The number of allylic oxidation sites excluding steroid dienone is 1. The molecule has 3 unspecified atom stereocenters. The molecule has 0 bridgehead atoms. The second-order valence-electron chi connectivity index (χ2n) is 6.22. The lowest BCUT2D eigenvalue weighted by atomic mass is 9.96. The highest BCUT2D eigenvalue weighted by atomic mass is 16.5. The van der Waals surface area contributed by atoms with Crippen molar-refractivity contribution in [1.82, 2.24) is 4.90 Å². The van der Waals surface area contributed by atoms with Crippen LogP contribution in [-0.4, -0.2) is 36.5 Å². The van der Waals surface area contributed by atoms with E-state index in [9.17, 15) is 9.59 Å². The fourth-order valence-corrected chi connectivity index (χ4v) is 2.87. The molecule has 1 heterocycles. The van der Waals surface area contributed by atoms with Crippen LogP contribution < -0.4 is 0 Å². The molecular weight excluding hydrogens is 266 g/mol. The lowest BCUT2D eigenvalue weighted by molar-refractivity contribution is -0.151. The van der Waals surface area contributed by atoms with Crippen LogP contribution in [0.25, 0.3) is 0 Å². The van der Waals surface area contributed by atoms with Crippen molar-refractivity contribution in [2.45, 2.75) is 58.4 Å². The number of hydrogen-bond donors (Lipinski definition) is 0. The number of amides is 1. The Morgan fingerprint density at radius 3 is 2.71 bits per heavy atom. The third-order valence-corrected chi connectivity index (χ3v) is 4.33. The van der Waals surface area contributed by atoms with Crippen LogP contribution in [0.4, 0.5) is 0 Å². The number of carbonyl (C=O) groups excluding carboxylic acids is 2. The zero-order chi connectivity index (χ0) is 15.8. The molecule has 0 aliphatic carbocycles. The molecule has 1 aliphatic heterocycles. The first-order chi connectivity index (χ1) is 9.99. The van der Waals surface area contributed by atoms with Gasteiger partial charge in [-0.2, -0.15) is 0 Å². The maximum atomic E-state index is 12.3. The van der Waals surface area contributed by atoms with Gasteiger partial charge < -0.3 is 9.64 Å².